The first-order valence-corrected chi connectivity index (χ1v) is 10.4. The Morgan fingerprint density at radius 3 is 2.71 bits per heavy atom. The van der Waals surface area contributed by atoms with Crippen LogP contribution >= 0.6 is 11.6 Å². The highest BCUT2D eigenvalue weighted by Gasteiger charge is 2.26. The fourth-order valence-corrected chi connectivity index (χ4v) is 3.16. The Morgan fingerprint density at radius 2 is 2.06 bits per heavy atom. The fraction of sp³-hybridized carbons (Fsp3) is 0.200. The summed E-state index contributed by atoms with van der Waals surface area (Å²) in [6.45, 7) is 10.5. The van der Waals surface area contributed by atoms with E-state index in [1.54, 1.807) is 30.6 Å². The topological polar surface area (TPSA) is 68.4 Å². The number of benzene rings is 1. The number of pyridine rings is 1. The smallest absolute Gasteiger partial charge is 0.173 e. The highest BCUT2D eigenvalue weighted by atomic mass is 35.5. The molecule has 2 heterocycles. The Hall–Kier alpha value is -3.15. The molecule has 0 fully saturated rings. The molecule has 0 spiro atoms. The van der Waals surface area contributed by atoms with Crippen LogP contribution in [0.1, 0.15) is 42.8 Å². The monoisotopic (exact) mass is 436 g/mol. The Bertz CT molecular complexity index is 1060. The molecule has 1 atom stereocenters. The van der Waals surface area contributed by atoms with E-state index in [9.17, 15) is 5.11 Å². The van der Waals surface area contributed by atoms with Crippen molar-refractivity contribution in [3.05, 3.63) is 96.0 Å². The van der Waals surface area contributed by atoms with Crippen LogP contribution in [0.3, 0.4) is 0 Å². The summed E-state index contributed by atoms with van der Waals surface area (Å²) in [7, 11) is 0. The van der Waals surface area contributed by atoms with Gasteiger partial charge in [0.05, 0.1) is 12.2 Å². The van der Waals surface area contributed by atoms with Gasteiger partial charge in [0.2, 0.25) is 0 Å². The molecule has 2 aromatic heterocycles. The number of hydrogen-bond acceptors (Lipinski definition) is 5. The lowest BCUT2D eigenvalue weighted by atomic mass is 9.95. The number of halogens is 1. The van der Waals surface area contributed by atoms with Gasteiger partial charge in [-0.3, -0.25) is 4.98 Å². The van der Waals surface area contributed by atoms with Gasteiger partial charge in [-0.25, -0.2) is 0 Å². The molecule has 0 aliphatic heterocycles. The molecule has 0 aliphatic carbocycles. The second kappa shape index (κ2) is 10.8. The minimum Gasteiger partial charge on any atom is -0.494 e. The molecule has 5 nitrogen and oxygen atoms in total. The van der Waals surface area contributed by atoms with Crippen LogP contribution in [-0.4, -0.2) is 21.9 Å². The van der Waals surface area contributed by atoms with Crippen LogP contribution in [0.15, 0.2) is 83.7 Å². The highest BCUT2D eigenvalue weighted by Crippen LogP contribution is 2.37. The molecule has 6 heteroatoms. The van der Waals surface area contributed by atoms with Crippen molar-refractivity contribution < 1.29 is 14.4 Å². The number of unbranched alkanes of at least 4 members (excludes halogenated alkanes) is 1. The molecular formula is C25H25ClN2O3. The van der Waals surface area contributed by atoms with Crippen molar-refractivity contribution in [2.24, 2.45) is 0 Å². The van der Waals surface area contributed by atoms with Crippen LogP contribution in [0, 0.1) is 0 Å². The zero-order valence-electron chi connectivity index (χ0n) is 17.4. The van der Waals surface area contributed by atoms with Crippen LogP contribution in [0.25, 0.3) is 16.8 Å². The summed E-state index contributed by atoms with van der Waals surface area (Å²) in [6, 6.07) is 11.1. The van der Waals surface area contributed by atoms with Crippen LogP contribution in [-0.2, 0) is 0 Å². The van der Waals surface area contributed by atoms with Gasteiger partial charge in [0.1, 0.15) is 17.5 Å². The summed E-state index contributed by atoms with van der Waals surface area (Å²) in [5.74, 6) is 1.12. The van der Waals surface area contributed by atoms with E-state index in [-0.39, 0.29) is 0 Å². The van der Waals surface area contributed by atoms with Gasteiger partial charge in [-0.2, -0.15) is 0 Å². The number of ether oxygens (including phenoxy) is 1. The largest absolute Gasteiger partial charge is 0.494 e. The van der Waals surface area contributed by atoms with Gasteiger partial charge < -0.3 is 14.4 Å². The summed E-state index contributed by atoms with van der Waals surface area (Å²) in [5, 5.41) is 15.8. The van der Waals surface area contributed by atoms with E-state index in [1.807, 2.05) is 24.3 Å². The molecule has 1 unspecified atom stereocenters. The summed E-state index contributed by atoms with van der Waals surface area (Å²) in [4.78, 5) is 4.11. The molecule has 3 rings (SSSR count). The van der Waals surface area contributed by atoms with Gasteiger partial charge in [0.25, 0.3) is 0 Å². The Kier molecular flexibility index (Phi) is 7.82. The van der Waals surface area contributed by atoms with E-state index in [4.69, 9.17) is 20.9 Å². The fourth-order valence-electron chi connectivity index (χ4n) is 3.03. The third kappa shape index (κ3) is 5.51. The highest BCUT2D eigenvalue weighted by molar-refractivity contribution is 6.31. The third-order valence-electron chi connectivity index (χ3n) is 4.69. The zero-order valence-corrected chi connectivity index (χ0v) is 18.2. The predicted octanol–water partition coefficient (Wildman–Crippen LogP) is 6.32. The number of hydrogen-bond donors (Lipinski definition) is 1. The van der Waals surface area contributed by atoms with Crippen LogP contribution in [0.4, 0.5) is 0 Å². The second-order valence-corrected chi connectivity index (χ2v) is 7.38. The Labute approximate surface area is 187 Å². The lowest BCUT2D eigenvalue weighted by Crippen LogP contribution is -2.03. The van der Waals surface area contributed by atoms with Crippen LogP contribution in [0.2, 0.25) is 0 Å². The van der Waals surface area contributed by atoms with Gasteiger partial charge in [-0.15, -0.1) is 0 Å². The number of aliphatic hydroxyl groups is 1. The van der Waals surface area contributed by atoms with Crippen molar-refractivity contribution in [3.63, 3.8) is 0 Å². The second-order valence-electron chi connectivity index (χ2n) is 6.95. The molecule has 160 valence electrons. The first kappa shape index (κ1) is 22.5. The first-order valence-electron chi connectivity index (χ1n) is 10.0. The van der Waals surface area contributed by atoms with E-state index in [1.165, 1.54) is 6.08 Å². The normalized spacial score (nSPS) is 12.4. The lowest BCUT2D eigenvalue weighted by Gasteiger charge is -2.13. The number of allylic oxidation sites excluding steroid dienone is 4. The van der Waals surface area contributed by atoms with Gasteiger partial charge in [0, 0.05) is 34.1 Å². The molecule has 0 saturated heterocycles. The standard InChI is InChI=1S/C25H25ClN2O3/c1-4-6-14-30-21-11-9-18(10-12-21)23-22(24(29)19-8-7-13-27-16-19)25(31-28-23)17(3)15-20(26)5-2/h5,7-13,15-16,24,29H,2-4,6,14H2,1H3/b20-15+. The summed E-state index contributed by atoms with van der Waals surface area (Å²) in [6.07, 6.45) is 7.42. The van der Waals surface area contributed by atoms with Gasteiger partial charge in [-0.1, -0.05) is 55.4 Å². The number of nitrogens with zero attached hydrogens (tertiary/aromatic N) is 2. The van der Waals surface area contributed by atoms with Crippen molar-refractivity contribution in [3.8, 4) is 17.0 Å². The number of aromatic nitrogens is 2. The molecule has 3 aromatic rings. The average molecular weight is 437 g/mol. The molecule has 0 amide bonds. The molecule has 0 bridgehead atoms. The quantitative estimate of drug-likeness (QED) is 0.297. The van der Waals surface area contributed by atoms with E-state index in [0.717, 1.165) is 24.2 Å². The molecule has 0 saturated carbocycles. The number of rotatable bonds is 10. The maximum atomic E-state index is 11.2. The summed E-state index contributed by atoms with van der Waals surface area (Å²) < 4.78 is 11.3. The summed E-state index contributed by atoms with van der Waals surface area (Å²) in [5.41, 5.74) is 2.86. The van der Waals surface area contributed by atoms with Crippen molar-refractivity contribution in [1.82, 2.24) is 10.1 Å². The van der Waals surface area contributed by atoms with Crippen molar-refractivity contribution in [2.45, 2.75) is 25.9 Å². The van der Waals surface area contributed by atoms with Crippen LogP contribution in [0.5, 0.6) is 5.75 Å². The maximum Gasteiger partial charge on any atom is 0.173 e. The van der Waals surface area contributed by atoms with E-state index in [0.29, 0.717) is 39.8 Å². The lowest BCUT2D eigenvalue weighted by molar-refractivity contribution is 0.218. The molecule has 31 heavy (non-hydrogen) atoms. The van der Waals surface area contributed by atoms with Crippen molar-refractivity contribution in [1.29, 1.82) is 0 Å². The Balaban J connectivity index is 2.02. The first-order chi connectivity index (χ1) is 15.0. The van der Waals surface area contributed by atoms with E-state index < -0.39 is 6.10 Å². The molecule has 0 aliphatic rings. The van der Waals surface area contributed by atoms with Crippen molar-refractivity contribution >= 4 is 17.2 Å². The average Bonchev–Trinajstić information content (AvgIpc) is 3.25. The van der Waals surface area contributed by atoms with Gasteiger partial charge in [-0.05, 0) is 42.8 Å². The predicted molar refractivity (Wildman–Crippen MR) is 124 cm³/mol. The molecule has 0 radical (unpaired) electrons. The van der Waals surface area contributed by atoms with Crippen LogP contribution < -0.4 is 4.74 Å². The maximum absolute atomic E-state index is 11.2. The Morgan fingerprint density at radius 1 is 1.29 bits per heavy atom. The van der Waals surface area contributed by atoms with Gasteiger partial charge >= 0.3 is 0 Å². The molecular weight excluding hydrogens is 412 g/mol. The summed E-state index contributed by atoms with van der Waals surface area (Å²) >= 11 is 6.09. The molecule has 1 N–H and O–H groups in total. The minimum absolute atomic E-state index is 0.342. The molecule has 1 aromatic carbocycles. The van der Waals surface area contributed by atoms with E-state index >= 15 is 0 Å². The SMILES string of the molecule is C=C/C(Cl)=C\C(=C)c1onc(-c2ccc(OCCCC)cc2)c1C(O)c1cccnc1. The number of aliphatic hydroxyl groups excluding tert-OH is 1. The minimum atomic E-state index is -1.02. The zero-order chi connectivity index (χ0) is 22.2. The van der Waals surface area contributed by atoms with E-state index in [2.05, 4.69) is 30.2 Å². The van der Waals surface area contributed by atoms with Gasteiger partial charge in [0.15, 0.2) is 5.76 Å². The third-order valence-corrected chi connectivity index (χ3v) is 4.96. The van der Waals surface area contributed by atoms with Crippen molar-refractivity contribution in [2.75, 3.05) is 6.61 Å².